The van der Waals surface area contributed by atoms with Crippen LogP contribution in [0, 0.1) is 5.92 Å². The molecule has 0 saturated carbocycles. The van der Waals surface area contributed by atoms with Crippen LogP contribution in [0.4, 0.5) is 11.5 Å². The van der Waals surface area contributed by atoms with Crippen LogP contribution in [0.15, 0.2) is 52.4 Å². The van der Waals surface area contributed by atoms with Crippen LogP contribution in [0.25, 0.3) is 0 Å². The summed E-state index contributed by atoms with van der Waals surface area (Å²) in [5.74, 6) is 1.07. The van der Waals surface area contributed by atoms with Gasteiger partial charge in [0.2, 0.25) is 20.0 Å². The smallest absolute Gasteiger partial charge is 0.242 e. The molecular weight excluding hydrogens is 414 g/mol. The van der Waals surface area contributed by atoms with Gasteiger partial charge in [-0.15, -0.1) is 0 Å². The van der Waals surface area contributed by atoms with E-state index in [2.05, 4.69) is 10.3 Å². The Labute approximate surface area is 171 Å². The van der Waals surface area contributed by atoms with E-state index < -0.39 is 20.0 Å². The summed E-state index contributed by atoms with van der Waals surface area (Å²) in [5, 5.41) is 8.68. The number of aromatic nitrogens is 1. The average Bonchev–Trinajstić information content (AvgIpc) is 3.15. The second-order valence-electron chi connectivity index (χ2n) is 7.16. The molecule has 1 saturated heterocycles. The highest BCUT2D eigenvalue weighted by Crippen LogP contribution is 2.32. The molecule has 3 rings (SSSR count). The van der Waals surface area contributed by atoms with Crippen molar-refractivity contribution < 1.29 is 16.8 Å². The Morgan fingerprint density at radius 1 is 1.21 bits per heavy atom. The van der Waals surface area contributed by atoms with E-state index >= 15 is 0 Å². The summed E-state index contributed by atoms with van der Waals surface area (Å²) < 4.78 is 50.1. The Bertz CT molecular complexity index is 1070. The maximum Gasteiger partial charge on any atom is 0.242 e. The Kier molecular flexibility index (Phi) is 6.13. The van der Waals surface area contributed by atoms with Gasteiger partial charge in [0.05, 0.1) is 10.6 Å². The highest BCUT2D eigenvalue weighted by molar-refractivity contribution is 7.90. The molecule has 0 spiro atoms. The van der Waals surface area contributed by atoms with Crippen molar-refractivity contribution >= 4 is 31.6 Å². The summed E-state index contributed by atoms with van der Waals surface area (Å²) in [6.45, 7) is 1.98. The van der Waals surface area contributed by atoms with Crippen molar-refractivity contribution in [2.24, 2.45) is 11.1 Å². The minimum atomic E-state index is -4.10. The van der Waals surface area contributed by atoms with Crippen molar-refractivity contribution in [3.63, 3.8) is 0 Å². The fourth-order valence-electron chi connectivity index (χ4n) is 3.29. The van der Waals surface area contributed by atoms with Crippen LogP contribution < -0.4 is 15.4 Å². The zero-order chi connectivity index (χ0) is 21.2. The Hall–Kier alpha value is -2.21. The van der Waals surface area contributed by atoms with E-state index in [-0.39, 0.29) is 15.7 Å². The highest BCUT2D eigenvalue weighted by atomic mass is 32.2. The molecule has 11 heteroatoms. The van der Waals surface area contributed by atoms with Gasteiger partial charge in [-0.25, -0.2) is 31.3 Å². The lowest BCUT2D eigenvalue weighted by Crippen LogP contribution is -2.27. The predicted octanol–water partition coefficient (Wildman–Crippen LogP) is 0.918. The van der Waals surface area contributed by atoms with Gasteiger partial charge in [0, 0.05) is 39.9 Å². The molecule has 158 valence electrons. The van der Waals surface area contributed by atoms with E-state index in [0.29, 0.717) is 25.3 Å². The Balaban J connectivity index is 1.81. The van der Waals surface area contributed by atoms with Gasteiger partial charge in [-0.3, -0.25) is 0 Å². The van der Waals surface area contributed by atoms with Gasteiger partial charge < -0.3 is 10.2 Å². The summed E-state index contributed by atoms with van der Waals surface area (Å²) in [5.41, 5.74) is 0.422. The molecule has 0 radical (unpaired) electrons. The lowest BCUT2D eigenvalue weighted by Gasteiger charge is -2.22. The standard InChI is InChI=1S/C18H25N5O4S2/c1-22(2)29(26,27)15-6-7-16(17(11-15)28(19,24)25)23-10-8-14(13-23)12-21-18-5-3-4-9-20-18/h3-7,9,11,14H,8,10,12-13H2,1-2H3,(H,20,21)(H2,19,24,25)/t14-/m0/s1. The molecular formula is C18H25N5O4S2. The summed E-state index contributed by atoms with van der Waals surface area (Å²) in [6.07, 6.45) is 2.58. The first kappa shape index (κ1) is 21.5. The number of nitrogens with two attached hydrogens (primary N) is 1. The number of nitrogens with zero attached hydrogens (tertiary/aromatic N) is 3. The van der Waals surface area contributed by atoms with Crippen LogP contribution in [0.3, 0.4) is 0 Å². The predicted molar refractivity (Wildman–Crippen MR) is 112 cm³/mol. The van der Waals surface area contributed by atoms with Crippen molar-refractivity contribution in [3.05, 3.63) is 42.6 Å². The zero-order valence-electron chi connectivity index (χ0n) is 16.3. The molecule has 3 N–H and O–H groups in total. The molecule has 2 aromatic rings. The van der Waals surface area contributed by atoms with E-state index in [1.54, 1.807) is 6.20 Å². The van der Waals surface area contributed by atoms with Gasteiger partial charge >= 0.3 is 0 Å². The number of primary sulfonamides is 1. The van der Waals surface area contributed by atoms with Crippen LogP contribution in [0.1, 0.15) is 6.42 Å². The Morgan fingerprint density at radius 2 is 1.97 bits per heavy atom. The molecule has 1 fully saturated rings. The molecule has 0 aliphatic carbocycles. The molecule has 1 atom stereocenters. The van der Waals surface area contributed by atoms with Crippen LogP contribution in [0.2, 0.25) is 0 Å². The van der Waals surface area contributed by atoms with Gasteiger partial charge in [0.15, 0.2) is 0 Å². The molecule has 1 aromatic carbocycles. The zero-order valence-corrected chi connectivity index (χ0v) is 17.9. The second-order valence-corrected chi connectivity index (χ2v) is 10.8. The van der Waals surface area contributed by atoms with Gasteiger partial charge in [-0.1, -0.05) is 6.07 Å². The molecule has 1 aromatic heterocycles. The third kappa shape index (κ3) is 4.86. The highest BCUT2D eigenvalue weighted by Gasteiger charge is 2.29. The van der Waals surface area contributed by atoms with Gasteiger partial charge in [0.1, 0.15) is 10.7 Å². The number of hydrogen-bond acceptors (Lipinski definition) is 7. The second kappa shape index (κ2) is 8.27. The van der Waals surface area contributed by atoms with Gasteiger partial charge in [0.25, 0.3) is 0 Å². The van der Waals surface area contributed by atoms with Crippen molar-refractivity contribution in [2.45, 2.75) is 16.2 Å². The van der Waals surface area contributed by atoms with Gasteiger partial charge in [-0.05, 0) is 42.7 Å². The molecule has 0 amide bonds. The first-order valence-electron chi connectivity index (χ1n) is 9.08. The molecule has 9 nitrogen and oxygen atoms in total. The lowest BCUT2D eigenvalue weighted by atomic mass is 10.1. The lowest BCUT2D eigenvalue weighted by molar-refractivity contribution is 0.520. The topological polar surface area (TPSA) is 126 Å². The first-order chi connectivity index (χ1) is 13.6. The SMILES string of the molecule is CN(C)S(=O)(=O)c1ccc(N2CC[C@@H](CNc3ccccn3)C2)c(S(N)(=O)=O)c1. The molecule has 2 heterocycles. The summed E-state index contributed by atoms with van der Waals surface area (Å²) in [7, 11) is -5.10. The number of hydrogen-bond donors (Lipinski definition) is 2. The summed E-state index contributed by atoms with van der Waals surface area (Å²) in [6, 6.07) is 9.70. The molecule has 0 unspecified atom stereocenters. The van der Waals surface area contributed by atoms with Crippen LogP contribution >= 0.6 is 0 Å². The molecule has 1 aliphatic rings. The number of benzene rings is 1. The minimum Gasteiger partial charge on any atom is -0.370 e. The van der Waals surface area contributed by atoms with E-state index in [1.807, 2.05) is 23.1 Å². The van der Waals surface area contributed by atoms with E-state index in [1.165, 1.54) is 26.2 Å². The summed E-state index contributed by atoms with van der Waals surface area (Å²) >= 11 is 0. The fraction of sp³-hybridized carbons (Fsp3) is 0.389. The number of pyridine rings is 1. The van der Waals surface area contributed by atoms with Crippen LogP contribution in [-0.2, 0) is 20.0 Å². The van der Waals surface area contributed by atoms with Gasteiger partial charge in [-0.2, -0.15) is 0 Å². The third-order valence-electron chi connectivity index (χ3n) is 4.88. The fourth-order valence-corrected chi connectivity index (χ4v) is 5.07. The van der Waals surface area contributed by atoms with E-state index in [4.69, 9.17) is 5.14 Å². The third-order valence-corrected chi connectivity index (χ3v) is 7.63. The van der Waals surface area contributed by atoms with Crippen molar-refractivity contribution in [3.8, 4) is 0 Å². The monoisotopic (exact) mass is 439 g/mol. The number of nitrogens with one attached hydrogen (secondary N) is 1. The van der Waals surface area contributed by atoms with Crippen molar-refractivity contribution in [1.29, 1.82) is 0 Å². The van der Waals surface area contributed by atoms with E-state index in [0.717, 1.165) is 22.6 Å². The molecule has 29 heavy (non-hydrogen) atoms. The van der Waals surface area contributed by atoms with E-state index in [9.17, 15) is 16.8 Å². The maximum atomic E-state index is 12.4. The normalized spacial score (nSPS) is 17.7. The number of sulfonamides is 2. The Morgan fingerprint density at radius 3 is 2.59 bits per heavy atom. The molecule has 0 bridgehead atoms. The van der Waals surface area contributed by atoms with Crippen molar-refractivity contribution in [1.82, 2.24) is 9.29 Å². The first-order valence-corrected chi connectivity index (χ1v) is 12.1. The minimum absolute atomic E-state index is 0.108. The number of rotatable bonds is 7. The average molecular weight is 440 g/mol. The van der Waals surface area contributed by atoms with Crippen molar-refractivity contribution in [2.75, 3.05) is 43.9 Å². The maximum absolute atomic E-state index is 12.4. The number of anilines is 2. The quantitative estimate of drug-likeness (QED) is 0.657. The van der Waals surface area contributed by atoms with Crippen LogP contribution in [-0.4, -0.2) is 59.9 Å². The summed E-state index contributed by atoms with van der Waals surface area (Å²) in [4.78, 5) is 5.87. The van der Waals surface area contributed by atoms with Crippen LogP contribution in [0.5, 0.6) is 0 Å². The largest absolute Gasteiger partial charge is 0.370 e. The molecule has 1 aliphatic heterocycles.